The number of aromatic nitrogens is 2. The van der Waals surface area contributed by atoms with Crippen LogP contribution in [0.15, 0.2) is 66.7 Å². The van der Waals surface area contributed by atoms with Crippen molar-refractivity contribution in [3.05, 3.63) is 95.0 Å². The van der Waals surface area contributed by atoms with E-state index in [2.05, 4.69) is 80.4 Å². The van der Waals surface area contributed by atoms with E-state index in [1.165, 1.54) is 39.3 Å². The standard InChI is InChI=1S/C26H23N2.C15H28O2.Ir/c1-16(2)24-14-20(13-18-6-4-5-7-21(18)24)25-23-11-9-19-12-17(3)8-10-22(19)26(23)28-15-27-25;1-7-14(5,8-2)12(16)11-13(17)15(6,9-3)10-4;/h4-8,10,12,14-16H,9,11H2,1-3H3;11,16H,7-10H2,1-6H3;/q-1;;/b;12-11-;. The number of ketones is 1. The summed E-state index contributed by atoms with van der Waals surface area (Å²) in [4.78, 5) is 21.6. The van der Waals surface area contributed by atoms with Gasteiger partial charge in [0, 0.05) is 48.3 Å². The Morgan fingerprint density at radius 1 is 0.913 bits per heavy atom. The molecule has 4 nitrogen and oxygen atoms in total. The second-order valence-corrected chi connectivity index (χ2v) is 13.5. The number of aryl methyl sites for hydroxylation is 2. The number of hydrogen-bond donors (Lipinski definition) is 1. The van der Waals surface area contributed by atoms with Gasteiger partial charge in [-0.2, -0.15) is 0 Å². The second kappa shape index (κ2) is 15.6. The topological polar surface area (TPSA) is 63.1 Å². The van der Waals surface area contributed by atoms with Crippen LogP contribution in [0.2, 0.25) is 0 Å². The van der Waals surface area contributed by atoms with E-state index >= 15 is 0 Å². The summed E-state index contributed by atoms with van der Waals surface area (Å²) in [5.41, 5.74) is 9.14. The maximum absolute atomic E-state index is 12.2. The summed E-state index contributed by atoms with van der Waals surface area (Å²) in [5.74, 6) is 0.730. The maximum Gasteiger partial charge on any atom is 0.164 e. The first-order valence-corrected chi connectivity index (χ1v) is 16.8. The molecule has 0 saturated carbocycles. The van der Waals surface area contributed by atoms with E-state index in [1.54, 1.807) is 6.33 Å². The van der Waals surface area contributed by atoms with Crippen molar-refractivity contribution >= 4 is 16.6 Å². The van der Waals surface area contributed by atoms with Gasteiger partial charge in [0.1, 0.15) is 12.1 Å². The van der Waals surface area contributed by atoms with Crippen LogP contribution in [-0.4, -0.2) is 20.9 Å². The number of benzene rings is 3. The van der Waals surface area contributed by atoms with E-state index in [-0.39, 0.29) is 42.5 Å². The largest absolute Gasteiger partial charge is 0.512 e. The minimum Gasteiger partial charge on any atom is -0.512 e. The molecule has 0 saturated heterocycles. The van der Waals surface area contributed by atoms with Crippen LogP contribution < -0.4 is 0 Å². The van der Waals surface area contributed by atoms with Crippen molar-refractivity contribution in [1.82, 2.24) is 9.97 Å². The summed E-state index contributed by atoms with van der Waals surface area (Å²) in [6.45, 7) is 18.7. The van der Waals surface area contributed by atoms with E-state index in [0.717, 1.165) is 60.9 Å². The molecular weight excluding hydrogens is 745 g/mol. The minimum atomic E-state index is -0.337. The first kappa shape index (κ1) is 37.3. The van der Waals surface area contributed by atoms with Gasteiger partial charge in [-0.15, -0.1) is 29.1 Å². The van der Waals surface area contributed by atoms with E-state index < -0.39 is 0 Å². The monoisotopic (exact) mass is 796 g/mol. The van der Waals surface area contributed by atoms with Crippen LogP contribution in [0.5, 0.6) is 0 Å². The normalized spacial score (nSPS) is 13.0. The zero-order chi connectivity index (χ0) is 32.9. The third-order valence-electron chi connectivity index (χ3n) is 10.4. The fourth-order valence-corrected chi connectivity index (χ4v) is 6.08. The predicted molar refractivity (Wildman–Crippen MR) is 189 cm³/mol. The van der Waals surface area contributed by atoms with E-state index in [0.29, 0.717) is 5.92 Å². The van der Waals surface area contributed by atoms with Gasteiger partial charge in [0.25, 0.3) is 0 Å². The molecule has 1 heterocycles. The Hall–Kier alpha value is -3.14. The van der Waals surface area contributed by atoms with Gasteiger partial charge in [-0.1, -0.05) is 108 Å². The van der Waals surface area contributed by atoms with E-state index in [4.69, 9.17) is 4.98 Å². The number of allylic oxidation sites excluding steroid dienone is 2. The number of carbonyl (C=O) groups is 1. The Morgan fingerprint density at radius 2 is 1.54 bits per heavy atom. The average Bonchev–Trinajstić information content (AvgIpc) is 3.06. The Kier molecular flexibility index (Phi) is 12.7. The van der Waals surface area contributed by atoms with Gasteiger partial charge < -0.3 is 5.11 Å². The van der Waals surface area contributed by atoms with Gasteiger partial charge in [-0.25, -0.2) is 4.98 Å². The summed E-state index contributed by atoms with van der Waals surface area (Å²) in [6.07, 6.45) is 8.47. The van der Waals surface area contributed by atoms with E-state index in [9.17, 15) is 9.90 Å². The van der Waals surface area contributed by atoms with Crippen LogP contribution in [0.3, 0.4) is 0 Å². The average molecular weight is 796 g/mol. The number of aliphatic hydroxyl groups excluding tert-OH is 1. The molecule has 1 aliphatic carbocycles. The number of rotatable bonds is 9. The second-order valence-electron chi connectivity index (χ2n) is 13.5. The molecule has 0 bridgehead atoms. The van der Waals surface area contributed by atoms with E-state index in [1.807, 2.05) is 41.5 Å². The number of carbonyl (C=O) groups excluding carboxylic acids is 1. The van der Waals surface area contributed by atoms with Crippen molar-refractivity contribution in [1.29, 1.82) is 0 Å². The predicted octanol–water partition coefficient (Wildman–Crippen LogP) is 10.9. The SMILES string of the molecule is CCC(C)(CC)C(=O)/C=C(\O)C(C)(CC)CC.Cc1ccc2c(c1)CCc1c(-c3[c-]c4ccccc4c(C(C)C)c3)ncnc1-2.[Ir]. The molecule has 4 aromatic rings. The molecule has 1 radical (unpaired) electrons. The number of fused-ring (bicyclic) bond motifs is 4. The quantitative estimate of drug-likeness (QED) is 0.104. The molecule has 1 N–H and O–H groups in total. The molecule has 3 aromatic carbocycles. The minimum absolute atomic E-state index is 0. The number of nitrogens with zero attached hydrogens (tertiary/aromatic N) is 2. The first-order valence-electron chi connectivity index (χ1n) is 16.8. The Labute approximate surface area is 290 Å². The molecule has 0 unspecified atom stereocenters. The van der Waals surface area contributed by atoms with Gasteiger partial charge in [0.05, 0.1) is 5.69 Å². The van der Waals surface area contributed by atoms with Crippen LogP contribution in [-0.2, 0) is 37.7 Å². The summed E-state index contributed by atoms with van der Waals surface area (Å²) in [6, 6.07) is 21.1. The van der Waals surface area contributed by atoms with Crippen molar-refractivity contribution in [2.24, 2.45) is 10.8 Å². The van der Waals surface area contributed by atoms with Crippen LogP contribution in [0.25, 0.3) is 33.3 Å². The molecule has 0 atom stereocenters. The summed E-state index contributed by atoms with van der Waals surface area (Å²) >= 11 is 0. The molecule has 0 spiro atoms. The number of hydrogen-bond acceptors (Lipinski definition) is 4. The third kappa shape index (κ3) is 7.69. The molecule has 247 valence electrons. The Bertz CT molecular complexity index is 1700. The van der Waals surface area contributed by atoms with Crippen LogP contribution >= 0.6 is 0 Å². The maximum atomic E-state index is 12.2. The van der Waals surface area contributed by atoms with Crippen LogP contribution in [0.4, 0.5) is 0 Å². The number of aliphatic hydroxyl groups is 1. The fraction of sp³-hybridized carbons (Fsp3) is 0.439. The molecule has 0 fully saturated rings. The zero-order valence-electron chi connectivity index (χ0n) is 29.2. The van der Waals surface area contributed by atoms with Crippen molar-refractivity contribution in [2.45, 2.75) is 107 Å². The smallest absolute Gasteiger partial charge is 0.164 e. The van der Waals surface area contributed by atoms with Gasteiger partial charge in [-0.3, -0.25) is 9.78 Å². The Morgan fingerprint density at radius 3 is 2.17 bits per heavy atom. The molecule has 5 rings (SSSR count). The van der Waals surface area contributed by atoms with Crippen LogP contribution in [0, 0.1) is 23.8 Å². The van der Waals surface area contributed by atoms with Gasteiger partial charge in [0.2, 0.25) is 0 Å². The first-order chi connectivity index (χ1) is 21.4. The van der Waals surface area contributed by atoms with Gasteiger partial charge in [-0.05, 0) is 62.5 Å². The molecule has 5 heteroatoms. The van der Waals surface area contributed by atoms with Crippen molar-refractivity contribution in [3.8, 4) is 22.5 Å². The molecule has 0 amide bonds. The molecule has 0 aliphatic heterocycles. The summed E-state index contributed by atoms with van der Waals surface area (Å²) in [7, 11) is 0. The fourth-order valence-electron chi connectivity index (χ4n) is 6.08. The zero-order valence-corrected chi connectivity index (χ0v) is 31.6. The Balaban J connectivity index is 0.000000280. The van der Waals surface area contributed by atoms with Crippen molar-refractivity contribution < 1.29 is 30.0 Å². The summed E-state index contributed by atoms with van der Waals surface area (Å²) < 4.78 is 0. The van der Waals surface area contributed by atoms with Crippen molar-refractivity contribution in [2.75, 3.05) is 0 Å². The molecule has 46 heavy (non-hydrogen) atoms. The summed E-state index contributed by atoms with van der Waals surface area (Å²) in [5, 5.41) is 12.6. The van der Waals surface area contributed by atoms with Crippen LogP contribution in [0.1, 0.15) is 109 Å². The van der Waals surface area contributed by atoms with Gasteiger partial charge >= 0.3 is 0 Å². The molecule has 1 aromatic heterocycles. The molecular formula is C41H51IrN2O2-. The van der Waals surface area contributed by atoms with Gasteiger partial charge in [0.15, 0.2) is 5.78 Å². The van der Waals surface area contributed by atoms with Crippen molar-refractivity contribution in [3.63, 3.8) is 0 Å². The third-order valence-corrected chi connectivity index (χ3v) is 10.4. The molecule has 1 aliphatic rings.